The number of nitrogens with zero attached hydrogens (tertiary/aromatic N) is 1. The van der Waals surface area contributed by atoms with Crippen LogP contribution in [0.15, 0.2) is 41.3 Å². The van der Waals surface area contributed by atoms with Gasteiger partial charge in [-0.25, -0.2) is 4.98 Å². The van der Waals surface area contributed by atoms with Crippen LogP contribution < -0.4 is 14.8 Å². The fraction of sp³-hybridized carbons (Fsp3) is 0.222. The smallest absolute Gasteiger partial charge is 0.236 e. The van der Waals surface area contributed by atoms with E-state index in [9.17, 15) is 4.79 Å². The van der Waals surface area contributed by atoms with Crippen LogP contribution in [0, 0.1) is 6.92 Å². The number of carbonyl (C=O) groups excluding carboxylic acids is 1. The van der Waals surface area contributed by atoms with Gasteiger partial charge in [0.05, 0.1) is 16.0 Å². The molecular formula is C18H16N2O3S2. The molecule has 0 spiro atoms. The van der Waals surface area contributed by atoms with E-state index in [0.29, 0.717) is 24.1 Å². The first-order chi connectivity index (χ1) is 12.2. The third-order valence-electron chi connectivity index (χ3n) is 3.67. The van der Waals surface area contributed by atoms with E-state index in [1.54, 1.807) is 0 Å². The number of ether oxygens (including phenoxy) is 2. The van der Waals surface area contributed by atoms with Crippen molar-refractivity contribution in [2.45, 2.75) is 11.8 Å². The van der Waals surface area contributed by atoms with E-state index in [0.717, 1.165) is 26.6 Å². The summed E-state index contributed by atoms with van der Waals surface area (Å²) in [4.78, 5) is 17.6. The molecule has 5 nitrogen and oxygen atoms in total. The minimum atomic E-state index is -0.0735. The van der Waals surface area contributed by atoms with Crippen molar-refractivity contribution in [3.05, 3.63) is 42.0 Å². The number of anilines is 1. The Kier molecular flexibility index (Phi) is 4.50. The number of benzene rings is 2. The van der Waals surface area contributed by atoms with Crippen LogP contribution in [0.25, 0.3) is 10.2 Å². The molecule has 0 atom stereocenters. The van der Waals surface area contributed by atoms with Crippen LogP contribution in [0.2, 0.25) is 0 Å². The van der Waals surface area contributed by atoms with E-state index >= 15 is 0 Å². The second-order valence-electron chi connectivity index (χ2n) is 5.63. The molecule has 1 aliphatic heterocycles. The number of thioether (sulfide) groups is 1. The van der Waals surface area contributed by atoms with Gasteiger partial charge in [-0.2, -0.15) is 0 Å². The quantitative estimate of drug-likeness (QED) is 0.699. The Bertz CT molecular complexity index is 939. The van der Waals surface area contributed by atoms with Crippen molar-refractivity contribution in [1.82, 2.24) is 4.98 Å². The lowest BCUT2D eigenvalue weighted by Crippen LogP contribution is -2.15. The number of hydrogen-bond acceptors (Lipinski definition) is 6. The standard InChI is InChI=1S/C18H16N2O3S2/c1-11-2-4-13-16(8-11)25-18(19-13)20-17(21)10-24-12-3-5-14-15(9-12)23-7-6-22-14/h2-5,8-9H,6-7,10H2,1H3,(H,19,20,21). The number of fused-ring (bicyclic) bond motifs is 2. The van der Waals surface area contributed by atoms with Gasteiger partial charge in [-0.3, -0.25) is 4.79 Å². The molecular weight excluding hydrogens is 356 g/mol. The fourth-order valence-electron chi connectivity index (χ4n) is 2.50. The summed E-state index contributed by atoms with van der Waals surface area (Å²) >= 11 is 2.95. The van der Waals surface area contributed by atoms with E-state index in [2.05, 4.69) is 16.4 Å². The van der Waals surface area contributed by atoms with Crippen molar-refractivity contribution >= 4 is 44.4 Å². The van der Waals surface area contributed by atoms with Gasteiger partial charge in [0.2, 0.25) is 5.91 Å². The summed E-state index contributed by atoms with van der Waals surface area (Å²) in [7, 11) is 0. The first-order valence-corrected chi connectivity index (χ1v) is 9.67. The van der Waals surface area contributed by atoms with Crippen molar-refractivity contribution in [3.63, 3.8) is 0 Å². The third-order valence-corrected chi connectivity index (χ3v) is 5.60. The van der Waals surface area contributed by atoms with Crippen LogP contribution in [0.5, 0.6) is 11.5 Å². The van der Waals surface area contributed by atoms with Gasteiger partial charge in [-0.15, -0.1) is 11.8 Å². The minimum absolute atomic E-state index is 0.0735. The number of aryl methyl sites for hydroxylation is 1. The van der Waals surface area contributed by atoms with Gasteiger partial charge in [0.25, 0.3) is 0 Å². The lowest BCUT2D eigenvalue weighted by molar-refractivity contribution is -0.113. The van der Waals surface area contributed by atoms with Gasteiger partial charge in [-0.05, 0) is 42.8 Å². The molecule has 25 heavy (non-hydrogen) atoms. The lowest BCUT2D eigenvalue weighted by atomic mass is 10.2. The molecule has 0 saturated carbocycles. The van der Waals surface area contributed by atoms with Crippen molar-refractivity contribution in [1.29, 1.82) is 0 Å². The first-order valence-electron chi connectivity index (χ1n) is 7.87. The molecule has 1 amide bonds. The number of thiazole rings is 1. The van der Waals surface area contributed by atoms with Crippen LogP contribution >= 0.6 is 23.1 Å². The van der Waals surface area contributed by atoms with Gasteiger partial charge in [0.1, 0.15) is 13.2 Å². The second kappa shape index (κ2) is 6.93. The Hall–Kier alpha value is -2.25. The lowest BCUT2D eigenvalue weighted by Gasteiger charge is -2.18. The highest BCUT2D eigenvalue weighted by Gasteiger charge is 2.13. The maximum atomic E-state index is 12.2. The van der Waals surface area contributed by atoms with Crippen LogP contribution in [0.4, 0.5) is 5.13 Å². The average molecular weight is 372 g/mol. The Morgan fingerprint density at radius 2 is 2.04 bits per heavy atom. The predicted octanol–water partition coefficient (Wildman–Crippen LogP) is 4.11. The number of hydrogen-bond donors (Lipinski definition) is 1. The number of carbonyl (C=O) groups is 1. The Labute approximate surface area is 153 Å². The van der Waals surface area contributed by atoms with Gasteiger partial charge in [-0.1, -0.05) is 17.4 Å². The predicted molar refractivity (Wildman–Crippen MR) is 101 cm³/mol. The average Bonchev–Trinajstić information content (AvgIpc) is 3.01. The van der Waals surface area contributed by atoms with Crippen molar-refractivity contribution in [2.24, 2.45) is 0 Å². The minimum Gasteiger partial charge on any atom is -0.486 e. The summed E-state index contributed by atoms with van der Waals surface area (Å²) in [5.41, 5.74) is 2.09. The summed E-state index contributed by atoms with van der Waals surface area (Å²) in [6, 6.07) is 11.8. The zero-order chi connectivity index (χ0) is 17.2. The van der Waals surface area contributed by atoms with E-state index in [-0.39, 0.29) is 5.91 Å². The van der Waals surface area contributed by atoms with Gasteiger partial charge >= 0.3 is 0 Å². The van der Waals surface area contributed by atoms with Crippen LogP contribution in [-0.2, 0) is 4.79 Å². The molecule has 0 unspecified atom stereocenters. The molecule has 2 heterocycles. The van der Waals surface area contributed by atoms with E-state index < -0.39 is 0 Å². The Balaban J connectivity index is 1.38. The summed E-state index contributed by atoms with van der Waals surface area (Å²) in [6.45, 7) is 3.17. The molecule has 3 aromatic rings. The normalized spacial score (nSPS) is 13.0. The molecule has 0 radical (unpaired) electrons. The molecule has 0 aliphatic carbocycles. The summed E-state index contributed by atoms with van der Waals surface area (Å²) < 4.78 is 12.1. The zero-order valence-corrected chi connectivity index (χ0v) is 15.2. The molecule has 1 aliphatic rings. The monoisotopic (exact) mass is 372 g/mol. The molecule has 0 fully saturated rings. The number of aromatic nitrogens is 1. The molecule has 0 bridgehead atoms. The molecule has 1 N–H and O–H groups in total. The SMILES string of the molecule is Cc1ccc2nc(NC(=O)CSc3ccc4c(c3)OCCO4)sc2c1. The van der Waals surface area contributed by atoms with Crippen LogP contribution in [0.1, 0.15) is 5.56 Å². The van der Waals surface area contributed by atoms with Gasteiger partial charge < -0.3 is 14.8 Å². The van der Waals surface area contributed by atoms with E-state index in [1.807, 2.05) is 37.3 Å². The third kappa shape index (κ3) is 3.72. The van der Waals surface area contributed by atoms with Gasteiger partial charge in [0, 0.05) is 4.90 Å². The molecule has 1 aromatic heterocycles. The number of nitrogens with one attached hydrogen (secondary N) is 1. The Morgan fingerprint density at radius 3 is 2.92 bits per heavy atom. The molecule has 128 valence electrons. The molecule has 0 saturated heterocycles. The van der Waals surface area contributed by atoms with Crippen LogP contribution in [0.3, 0.4) is 0 Å². The highest BCUT2D eigenvalue weighted by atomic mass is 32.2. The Morgan fingerprint density at radius 1 is 1.20 bits per heavy atom. The van der Waals surface area contributed by atoms with Crippen molar-refractivity contribution < 1.29 is 14.3 Å². The number of rotatable bonds is 4. The fourth-order valence-corrected chi connectivity index (χ4v) is 4.21. The topological polar surface area (TPSA) is 60.5 Å². The summed E-state index contributed by atoms with van der Waals surface area (Å²) in [5, 5.41) is 3.51. The first kappa shape index (κ1) is 16.2. The second-order valence-corrected chi connectivity index (χ2v) is 7.71. The highest BCUT2D eigenvalue weighted by Crippen LogP contribution is 2.34. The summed E-state index contributed by atoms with van der Waals surface area (Å²) in [6.07, 6.45) is 0. The van der Waals surface area contributed by atoms with E-state index in [4.69, 9.17) is 9.47 Å². The number of amides is 1. The van der Waals surface area contributed by atoms with E-state index in [1.165, 1.54) is 28.7 Å². The largest absolute Gasteiger partial charge is 0.486 e. The molecule has 4 rings (SSSR count). The molecule has 2 aromatic carbocycles. The maximum Gasteiger partial charge on any atom is 0.236 e. The zero-order valence-electron chi connectivity index (χ0n) is 13.6. The maximum absolute atomic E-state index is 12.2. The van der Waals surface area contributed by atoms with Crippen molar-refractivity contribution in [3.8, 4) is 11.5 Å². The van der Waals surface area contributed by atoms with Crippen LogP contribution in [-0.4, -0.2) is 29.9 Å². The van der Waals surface area contributed by atoms with Gasteiger partial charge in [0.15, 0.2) is 16.6 Å². The van der Waals surface area contributed by atoms with Crippen molar-refractivity contribution in [2.75, 3.05) is 24.3 Å². The summed E-state index contributed by atoms with van der Waals surface area (Å²) in [5.74, 6) is 1.73. The highest BCUT2D eigenvalue weighted by molar-refractivity contribution is 8.00. The molecule has 7 heteroatoms.